The predicted molar refractivity (Wildman–Crippen MR) is 73.8 cm³/mol. The van der Waals surface area contributed by atoms with Gasteiger partial charge in [-0.3, -0.25) is 4.79 Å². The van der Waals surface area contributed by atoms with Crippen molar-refractivity contribution in [1.82, 2.24) is 9.29 Å². The van der Waals surface area contributed by atoms with Gasteiger partial charge in [0.15, 0.2) is 0 Å². The number of hydrogen-bond acceptors (Lipinski definition) is 3. The van der Waals surface area contributed by atoms with Gasteiger partial charge < -0.3 is 10.1 Å². The van der Waals surface area contributed by atoms with Gasteiger partial charge in [0.05, 0.1) is 12.8 Å². The average Bonchev–Trinajstić information content (AvgIpc) is 2.73. The molecule has 106 valence electrons. The number of carbonyl (C=O) groups is 1. The van der Waals surface area contributed by atoms with E-state index in [-0.39, 0.29) is 13.0 Å². The second-order valence-corrected chi connectivity index (χ2v) is 6.93. The number of sulfonamides is 1. The van der Waals surface area contributed by atoms with Gasteiger partial charge in [0.2, 0.25) is 10.0 Å². The number of aliphatic carboxylic acids is 1. The molecule has 20 heavy (non-hydrogen) atoms. The minimum Gasteiger partial charge on any atom is -0.480 e. The second kappa shape index (κ2) is 4.32. The Kier molecular flexibility index (Phi) is 2.84. The number of nitrogens with zero attached hydrogens (tertiary/aromatic N) is 1. The average molecular weight is 294 g/mol. The van der Waals surface area contributed by atoms with E-state index >= 15 is 0 Å². The van der Waals surface area contributed by atoms with Crippen molar-refractivity contribution in [3.8, 4) is 0 Å². The van der Waals surface area contributed by atoms with Crippen LogP contribution in [0.15, 0.2) is 24.3 Å². The van der Waals surface area contributed by atoms with E-state index in [2.05, 4.69) is 4.98 Å². The van der Waals surface area contributed by atoms with Crippen LogP contribution in [0.25, 0.3) is 10.9 Å². The van der Waals surface area contributed by atoms with Gasteiger partial charge in [0.1, 0.15) is 6.04 Å². The number of fused-ring (bicyclic) bond motifs is 3. The molecule has 6 nitrogen and oxygen atoms in total. The number of para-hydroxylation sites is 1. The summed E-state index contributed by atoms with van der Waals surface area (Å²) in [5.41, 5.74) is 2.57. The van der Waals surface area contributed by atoms with Crippen molar-refractivity contribution in [3.05, 3.63) is 35.5 Å². The Bertz CT molecular complexity index is 794. The summed E-state index contributed by atoms with van der Waals surface area (Å²) in [4.78, 5) is 14.5. The Morgan fingerprint density at radius 2 is 2.10 bits per heavy atom. The summed E-state index contributed by atoms with van der Waals surface area (Å²) in [5.74, 6) is -1.12. The smallest absolute Gasteiger partial charge is 0.322 e. The molecule has 0 amide bonds. The van der Waals surface area contributed by atoms with E-state index < -0.39 is 22.0 Å². The lowest BCUT2D eigenvalue weighted by atomic mass is 9.99. The maximum absolute atomic E-state index is 11.8. The zero-order valence-corrected chi connectivity index (χ0v) is 11.6. The number of aromatic amines is 1. The number of carboxylic acid groups (broad SMARTS) is 1. The molecular weight excluding hydrogens is 280 g/mol. The maximum Gasteiger partial charge on any atom is 0.322 e. The molecule has 7 heteroatoms. The standard InChI is InChI=1S/C13H14N2O4S/c1-20(18,19)15-7-11-9(6-12(15)13(16)17)8-4-2-3-5-10(8)14-11/h2-5,12,14H,6-7H2,1H3,(H,16,17)/t12-/m1/s1. The van der Waals surface area contributed by atoms with Crippen LogP contribution in [0.3, 0.4) is 0 Å². The van der Waals surface area contributed by atoms with Crippen LogP contribution in [0.1, 0.15) is 11.3 Å². The molecule has 0 unspecified atom stereocenters. The summed E-state index contributed by atoms with van der Waals surface area (Å²) in [6, 6.07) is 6.54. The third kappa shape index (κ3) is 1.99. The molecule has 0 spiro atoms. The molecule has 1 aromatic heterocycles. The molecule has 0 saturated carbocycles. The van der Waals surface area contributed by atoms with Gasteiger partial charge in [0, 0.05) is 23.0 Å². The fourth-order valence-corrected chi connectivity index (χ4v) is 3.73. The number of H-pyrrole nitrogens is 1. The molecule has 0 bridgehead atoms. The van der Waals surface area contributed by atoms with Crippen molar-refractivity contribution in [3.63, 3.8) is 0 Å². The Balaban J connectivity index is 2.16. The minimum atomic E-state index is -3.57. The summed E-state index contributed by atoms with van der Waals surface area (Å²) in [6.45, 7) is 0.0693. The monoisotopic (exact) mass is 294 g/mol. The first-order chi connectivity index (χ1) is 9.38. The van der Waals surface area contributed by atoms with Crippen LogP contribution in [0, 0.1) is 0 Å². The van der Waals surface area contributed by atoms with Gasteiger partial charge in [-0.15, -0.1) is 0 Å². The highest BCUT2D eigenvalue weighted by Gasteiger charge is 2.38. The number of hydrogen-bond donors (Lipinski definition) is 2. The Labute approximate surface area is 116 Å². The van der Waals surface area contributed by atoms with Crippen LogP contribution in [0.5, 0.6) is 0 Å². The van der Waals surface area contributed by atoms with Crippen molar-refractivity contribution in [2.24, 2.45) is 0 Å². The third-order valence-corrected chi connectivity index (χ3v) is 4.91. The van der Waals surface area contributed by atoms with Crippen LogP contribution in [-0.2, 0) is 27.8 Å². The van der Waals surface area contributed by atoms with E-state index in [4.69, 9.17) is 0 Å². The molecule has 2 N–H and O–H groups in total. The van der Waals surface area contributed by atoms with E-state index in [1.54, 1.807) is 0 Å². The Morgan fingerprint density at radius 1 is 1.40 bits per heavy atom. The Hall–Kier alpha value is -1.86. The van der Waals surface area contributed by atoms with E-state index in [0.29, 0.717) is 0 Å². The van der Waals surface area contributed by atoms with Gasteiger partial charge in [-0.2, -0.15) is 4.31 Å². The first kappa shape index (κ1) is 13.1. The van der Waals surface area contributed by atoms with Crippen molar-refractivity contribution < 1.29 is 18.3 Å². The minimum absolute atomic E-state index is 0.0693. The molecule has 0 fully saturated rings. The molecule has 2 aromatic rings. The van der Waals surface area contributed by atoms with Crippen LogP contribution in [0.4, 0.5) is 0 Å². The number of rotatable bonds is 2. The summed E-state index contributed by atoms with van der Waals surface area (Å²) in [5, 5.41) is 10.3. The van der Waals surface area contributed by atoms with Crippen molar-refractivity contribution in [2.45, 2.75) is 19.0 Å². The van der Waals surface area contributed by atoms with Gasteiger partial charge in [-0.05, 0) is 11.6 Å². The van der Waals surface area contributed by atoms with Gasteiger partial charge in [-0.1, -0.05) is 18.2 Å². The highest BCUT2D eigenvalue weighted by atomic mass is 32.2. The van der Waals surface area contributed by atoms with Crippen LogP contribution < -0.4 is 0 Å². The SMILES string of the molecule is CS(=O)(=O)N1Cc2[nH]c3ccccc3c2C[C@@H]1C(=O)O. The zero-order valence-electron chi connectivity index (χ0n) is 10.8. The van der Waals surface area contributed by atoms with Crippen LogP contribution in [0.2, 0.25) is 0 Å². The molecule has 1 atom stereocenters. The molecule has 0 radical (unpaired) electrons. The van der Waals surface area contributed by atoms with Gasteiger partial charge in [-0.25, -0.2) is 8.42 Å². The van der Waals surface area contributed by atoms with E-state index in [1.165, 1.54) is 0 Å². The first-order valence-electron chi connectivity index (χ1n) is 6.16. The van der Waals surface area contributed by atoms with Crippen molar-refractivity contribution in [1.29, 1.82) is 0 Å². The molecule has 1 aliphatic rings. The molecule has 0 aliphatic carbocycles. The zero-order chi connectivity index (χ0) is 14.5. The normalized spacial score (nSPS) is 19.9. The quantitative estimate of drug-likeness (QED) is 0.862. The summed E-state index contributed by atoms with van der Waals surface area (Å²) < 4.78 is 24.6. The molecule has 3 rings (SSSR count). The molecule has 1 aliphatic heterocycles. The number of benzene rings is 1. The van der Waals surface area contributed by atoms with E-state index in [0.717, 1.165) is 32.7 Å². The lowest BCUT2D eigenvalue weighted by Crippen LogP contribution is -2.48. The molecule has 0 saturated heterocycles. The van der Waals surface area contributed by atoms with E-state index in [1.807, 2.05) is 24.3 Å². The number of carboxylic acids is 1. The second-order valence-electron chi connectivity index (χ2n) is 4.99. The lowest BCUT2D eigenvalue weighted by molar-refractivity contribution is -0.141. The largest absolute Gasteiger partial charge is 0.480 e. The maximum atomic E-state index is 11.8. The fourth-order valence-electron chi connectivity index (χ4n) is 2.74. The lowest BCUT2D eigenvalue weighted by Gasteiger charge is -2.30. The van der Waals surface area contributed by atoms with Crippen LogP contribution >= 0.6 is 0 Å². The van der Waals surface area contributed by atoms with Gasteiger partial charge >= 0.3 is 5.97 Å². The fraction of sp³-hybridized carbons (Fsp3) is 0.308. The van der Waals surface area contributed by atoms with Crippen molar-refractivity contribution in [2.75, 3.05) is 6.26 Å². The molecular formula is C13H14N2O4S. The molecule has 2 heterocycles. The topological polar surface area (TPSA) is 90.5 Å². The van der Waals surface area contributed by atoms with Crippen LogP contribution in [-0.4, -0.2) is 41.1 Å². The number of aromatic nitrogens is 1. The third-order valence-electron chi connectivity index (χ3n) is 3.67. The van der Waals surface area contributed by atoms with Gasteiger partial charge in [0.25, 0.3) is 0 Å². The summed E-state index contributed by atoms with van der Waals surface area (Å²) in [6.07, 6.45) is 1.22. The van der Waals surface area contributed by atoms with Crippen molar-refractivity contribution >= 4 is 26.9 Å². The summed E-state index contributed by atoms with van der Waals surface area (Å²) >= 11 is 0. The predicted octanol–water partition coefficient (Wildman–Crippen LogP) is 0.939. The molecule has 1 aromatic carbocycles. The Morgan fingerprint density at radius 3 is 2.75 bits per heavy atom. The summed E-state index contributed by atoms with van der Waals surface area (Å²) in [7, 11) is -3.57. The highest BCUT2D eigenvalue weighted by Crippen LogP contribution is 2.31. The first-order valence-corrected chi connectivity index (χ1v) is 8.01. The highest BCUT2D eigenvalue weighted by molar-refractivity contribution is 7.88. The number of nitrogens with one attached hydrogen (secondary N) is 1. The van der Waals surface area contributed by atoms with E-state index in [9.17, 15) is 18.3 Å².